The smallest absolute Gasteiger partial charge is 0.250 e. The Kier molecular flexibility index (Phi) is 5.31. The lowest BCUT2D eigenvalue weighted by atomic mass is 10.3. The molecule has 106 valence electrons. The summed E-state index contributed by atoms with van der Waals surface area (Å²) in [7, 11) is 1.62. The first kappa shape index (κ1) is 14.7. The summed E-state index contributed by atoms with van der Waals surface area (Å²) in [4.78, 5) is 15.9. The molecule has 1 N–H and O–H groups in total. The van der Waals surface area contributed by atoms with Crippen molar-refractivity contribution in [2.75, 3.05) is 19.0 Å². The third-order valence-electron chi connectivity index (χ3n) is 2.78. The van der Waals surface area contributed by atoms with Crippen LogP contribution in [0, 0.1) is 0 Å². The average Bonchev–Trinajstić information content (AvgIpc) is 2.46. The van der Waals surface area contributed by atoms with E-state index in [1.165, 1.54) is 0 Å². The SMILES string of the molecule is COCCn1cc(NCc2ccc(Br)cn2)ccc1=O. The maximum Gasteiger partial charge on any atom is 0.250 e. The molecular weight excluding hydrogens is 322 g/mol. The molecular formula is C14H16BrN3O2. The van der Waals surface area contributed by atoms with Crippen LogP contribution >= 0.6 is 15.9 Å². The second-order valence-electron chi connectivity index (χ2n) is 4.26. The van der Waals surface area contributed by atoms with Crippen LogP contribution in [0.15, 0.2) is 45.9 Å². The number of aromatic nitrogens is 2. The van der Waals surface area contributed by atoms with Crippen LogP contribution in [0.1, 0.15) is 5.69 Å². The minimum absolute atomic E-state index is 0.0330. The van der Waals surface area contributed by atoms with E-state index in [0.29, 0.717) is 19.7 Å². The molecule has 0 spiro atoms. The molecule has 0 bridgehead atoms. The van der Waals surface area contributed by atoms with Crippen molar-refractivity contribution in [2.45, 2.75) is 13.1 Å². The maximum absolute atomic E-state index is 11.7. The van der Waals surface area contributed by atoms with E-state index >= 15 is 0 Å². The maximum atomic E-state index is 11.7. The van der Waals surface area contributed by atoms with Crippen molar-refractivity contribution >= 4 is 21.6 Å². The first-order valence-corrected chi connectivity index (χ1v) is 7.02. The monoisotopic (exact) mass is 337 g/mol. The third kappa shape index (κ3) is 4.18. The highest BCUT2D eigenvalue weighted by Gasteiger charge is 2.00. The van der Waals surface area contributed by atoms with Gasteiger partial charge in [0.05, 0.1) is 24.5 Å². The van der Waals surface area contributed by atoms with Gasteiger partial charge in [0.25, 0.3) is 5.56 Å². The Morgan fingerprint density at radius 3 is 2.90 bits per heavy atom. The highest BCUT2D eigenvalue weighted by molar-refractivity contribution is 9.10. The van der Waals surface area contributed by atoms with Gasteiger partial charge in [0.2, 0.25) is 0 Å². The summed E-state index contributed by atoms with van der Waals surface area (Å²) < 4.78 is 7.57. The van der Waals surface area contributed by atoms with Gasteiger partial charge in [-0.1, -0.05) is 0 Å². The summed E-state index contributed by atoms with van der Waals surface area (Å²) in [5, 5.41) is 3.25. The molecule has 0 saturated carbocycles. The Morgan fingerprint density at radius 1 is 1.35 bits per heavy atom. The lowest BCUT2D eigenvalue weighted by molar-refractivity contribution is 0.186. The average molecular weight is 338 g/mol. The van der Waals surface area contributed by atoms with Gasteiger partial charge in [-0.05, 0) is 34.1 Å². The fourth-order valence-electron chi connectivity index (χ4n) is 1.70. The highest BCUT2D eigenvalue weighted by Crippen LogP contribution is 2.09. The third-order valence-corrected chi connectivity index (χ3v) is 3.25. The lowest BCUT2D eigenvalue weighted by Gasteiger charge is -2.09. The van der Waals surface area contributed by atoms with E-state index in [2.05, 4.69) is 26.2 Å². The van der Waals surface area contributed by atoms with Crippen molar-refractivity contribution in [3.8, 4) is 0 Å². The summed E-state index contributed by atoms with van der Waals surface area (Å²) in [6.45, 7) is 1.66. The predicted molar refractivity (Wildman–Crippen MR) is 81.8 cm³/mol. The molecule has 0 amide bonds. The quantitative estimate of drug-likeness (QED) is 0.878. The van der Waals surface area contributed by atoms with Gasteiger partial charge < -0.3 is 14.6 Å². The highest BCUT2D eigenvalue weighted by atomic mass is 79.9. The van der Waals surface area contributed by atoms with E-state index in [9.17, 15) is 4.79 Å². The molecule has 20 heavy (non-hydrogen) atoms. The lowest BCUT2D eigenvalue weighted by Crippen LogP contribution is -2.21. The first-order valence-electron chi connectivity index (χ1n) is 6.23. The molecule has 0 saturated heterocycles. The molecule has 0 aromatic carbocycles. The van der Waals surface area contributed by atoms with Gasteiger partial charge in [-0.3, -0.25) is 9.78 Å². The normalized spacial score (nSPS) is 10.5. The Morgan fingerprint density at radius 2 is 2.20 bits per heavy atom. The van der Waals surface area contributed by atoms with Gasteiger partial charge >= 0.3 is 0 Å². The number of nitrogens with one attached hydrogen (secondary N) is 1. The Labute approximate surface area is 125 Å². The molecule has 0 aliphatic carbocycles. The van der Waals surface area contributed by atoms with Crippen LogP contribution in [0.3, 0.4) is 0 Å². The number of halogens is 1. The summed E-state index contributed by atoms with van der Waals surface area (Å²) in [5.74, 6) is 0. The van der Waals surface area contributed by atoms with Crippen LogP contribution in [0.25, 0.3) is 0 Å². The number of hydrogen-bond acceptors (Lipinski definition) is 4. The number of methoxy groups -OCH3 is 1. The second-order valence-corrected chi connectivity index (χ2v) is 5.18. The number of rotatable bonds is 6. The fraction of sp³-hybridized carbons (Fsp3) is 0.286. The molecule has 0 fully saturated rings. The Hall–Kier alpha value is -1.66. The van der Waals surface area contributed by atoms with E-state index in [-0.39, 0.29) is 5.56 Å². The number of anilines is 1. The number of ether oxygens (including phenoxy) is 1. The van der Waals surface area contributed by atoms with Crippen molar-refractivity contribution in [1.82, 2.24) is 9.55 Å². The van der Waals surface area contributed by atoms with Crippen molar-refractivity contribution < 1.29 is 4.74 Å². The molecule has 0 unspecified atom stereocenters. The molecule has 2 heterocycles. The molecule has 6 heteroatoms. The van der Waals surface area contributed by atoms with Gasteiger partial charge in [-0.2, -0.15) is 0 Å². The van der Waals surface area contributed by atoms with Crippen molar-refractivity contribution in [3.05, 3.63) is 57.2 Å². The number of pyridine rings is 2. The molecule has 0 radical (unpaired) electrons. The van der Waals surface area contributed by atoms with Crippen LogP contribution in [-0.4, -0.2) is 23.3 Å². The number of hydrogen-bond donors (Lipinski definition) is 1. The zero-order valence-corrected chi connectivity index (χ0v) is 12.8. The van der Waals surface area contributed by atoms with Crippen LogP contribution in [0.2, 0.25) is 0 Å². The zero-order valence-electron chi connectivity index (χ0n) is 11.2. The largest absolute Gasteiger partial charge is 0.383 e. The van der Waals surface area contributed by atoms with Crippen LogP contribution in [-0.2, 0) is 17.8 Å². The minimum atomic E-state index is -0.0330. The van der Waals surface area contributed by atoms with Gasteiger partial charge in [0, 0.05) is 36.6 Å². The fourth-order valence-corrected chi connectivity index (χ4v) is 1.94. The van der Waals surface area contributed by atoms with E-state index in [1.54, 1.807) is 36.2 Å². The van der Waals surface area contributed by atoms with Gasteiger partial charge in [-0.25, -0.2) is 0 Å². The Bertz CT molecular complexity index is 611. The van der Waals surface area contributed by atoms with Gasteiger partial charge in [0.1, 0.15) is 0 Å². The van der Waals surface area contributed by atoms with Crippen LogP contribution in [0.5, 0.6) is 0 Å². The van der Waals surface area contributed by atoms with E-state index in [1.807, 2.05) is 12.1 Å². The standard InChI is InChI=1S/C14H16BrN3O2/c1-20-7-6-18-10-13(4-5-14(18)19)17-9-12-3-2-11(15)8-16-12/h2-5,8,10,17H,6-7,9H2,1H3. The topological polar surface area (TPSA) is 56.1 Å². The predicted octanol–water partition coefficient (Wildman–Crippen LogP) is 2.26. The summed E-state index contributed by atoms with van der Waals surface area (Å²) >= 11 is 3.35. The molecule has 2 aromatic rings. The Balaban J connectivity index is 2.02. The first-order chi connectivity index (χ1) is 9.69. The summed E-state index contributed by atoms with van der Waals surface area (Å²) in [5.41, 5.74) is 1.78. The van der Waals surface area contributed by atoms with Crippen molar-refractivity contribution in [2.24, 2.45) is 0 Å². The van der Waals surface area contributed by atoms with E-state index in [0.717, 1.165) is 15.9 Å². The minimum Gasteiger partial charge on any atom is -0.383 e. The van der Waals surface area contributed by atoms with E-state index in [4.69, 9.17) is 4.74 Å². The zero-order chi connectivity index (χ0) is 14.4. The van der Waals surface area contributed by atoms with Crippen molar-refractivity contribution in [3.63, 3.8) is 0 Å². The number of nitrogens with zero attached hydrogens (tertiary/aromatic N) is 2. The second kappa shape index (κ2) is 7.21. The van der Waals surface area contributed by atoms with Gasteiger partial charge in [-0.15, -0.1) is 0 Å². The molecule has 2 aromatic heterocycles. The van der Waals surface area contributed by atoms with E-state index < -0.39 is 0 Å². The van der Waals surface area contributed by atoms with Crippen molar-refractivity contribution in [1.29, 1.82) is 0 Å². The molecule has 2 rings (SSSR count). The molecule has 0 aliphatic rings. The van der Waals surface area contributed by atoms with Crippen LogP contribution < -0.4 is 10.9 Å². The molecule has 0 aliphatic heterocycles. The summed E-state index contributed by atoms with van der Waals surface area (Å²) in [6.07, 6.45) is 3.55. The summed E-state index contributed by atoms with van der Waals surface area (Å²) in [6, 6.07) is 7.21. The molecule has 5 nitrogen and oxygen atoms in total. The van der Waals surface area contributed by atoms with Gasteiger partial charge in [0.15, 0.2) is 0 Å². The van der Waals surface area contributed by atoms with Crippen LogP contribution in [0.4, 0.5) is 5.69 Å². The molecule has 0 atom stereocenters.